The molecule has 2 aliphatic rings. The van der Waals surface area contributed by atoms with Crippen LogP contribution in [-0.2, 0) is 0 Å². The van der Waals surface area contributed by atoms with Crippen LogP contribution in [0.1, 0.15) is 44.9 Å². The largest absolute Gasteiger partial charge is 0.396 e. The molecule has 0 spiro atoms. The molecule has 0 bridgehead atoms. The lowest BCUT2D eigenvalue weighted by Crippen LogP contribution is -2.29. The molecule has 0 unspecified atom stereocenters. The fourth-order valence-corrected chi connectivity index (χ4v) is 2.28. The number of hydrogen-bond donors (Lipinski definition) is 2. The van der Waals surface area contributed by atoms with Gasteiger partial charge in [0.05, 0.1) is 6.04 Å². The van der Waals surface area contributed by atoms with Gasteiger partial charge in [0.1, 0.15) is 0 Å². The Morgan fingerprint density at radius 1 is 1.06 bits per heavy atom. The van der Waals surface area contributed by atoms with E-state index >= 15 is 0 Å². The van der Waals surface area contributed by atoms with E-state index in [2.05, 4.69) is 10.5 Å². The molecule has 0 aromatic heterocycles. The first-order chi connectivity index (χ1) is 7.86. The van der Waals surface area contributed by atoms with Gasteiger partial charge < -0.3 is 10.4 Å². The summed E-state index contributed by atoms with van der Waals surface area (Å²) in [5, 5.41) is 14.8. The van der Waals surface area contributed by atoms with Gasteiger partial charge in [0.25, 0.3) is 0 Å². The number of aliphatic hydroxyl groups excluding tert-OH is 1. The van der Waals surface area contributed by atoms with Crippen molar-refractivity contribution in [3.63, 3.8) is 0 Å². The Balaban J connectivity index is 0.000000160. The van der Waals surface area contributed by atoms with Crippen LogP contribution < -0.4 is 5.32 Å². The molecule has 2 N–H and O–H groups in total. The average Bonchev–Trinajstić information content (AvgIpc) is 2.41. The minimum absolute atomic E-state index is 0.0937. The fourth-order valence-electron chi connectivity index (χ4n) is 2.28. The smallest absolute Gasteiger partial charge is 0.0943 e. The van der Waals surface area contributed by atoms with Crippen molar-refractivity contribution in [3.8, 4) is 0 Å². The summed E-state index contributed by atoms with van der Waals surface area (Å²) in [4.78, 5) is 9.88. The molecule has 2 fully saturated rings. The van der Waals surface area contributed by atoms with E-state index in [1.165, 1.54) is 32.1 Å². The van der Waals surface area contributed by atoms with Crippen LogP contribution in [0.25, 0.3) is 0 Å². The Morgan fingerprint density at radius 2 is 1.69 bits per heavy atom. The standard InChI is InChI=1S/C7H14O.C5H10N2O/c8-6-7-4-2-1-3-5-7;8-7-5-1-3-6-4-2-5/h7-8H,1-6H2;5-6H,1-4H2. The molecule has 0 amide bonds. The van der Waals surface area contributed by atoms with E-state index in [0.29, 0.717) is 12.5 Å². The number of rotatable bonds is 2. The van der Waals surface area contributed by atoms with Crippen LogP contribution in [-0.4, -0.2) is 30.8 Å². The van der Waals surface area contributed by atoms with Gasteiger partial charge in [-0.05, 0) is 44.7 Å². The second-order valence-electron chi connectivity index (χ2n) is 4.77. The molecule has 0 aromatic rings. The Labute approximate surface area is 97.8 Å². The van der Waals surface area contributed by atoms with Gasteiger partial charge in [-0.15, -0.1) is 0 Å². The van der Waals surface area contributed by atoms with Gasteiger partial charge >= 0.3 is 0 Å². The first kappa shape index (κ1) is 13.6. The van der Waals surface area contributed by atoms with Crippen LogP contribution in [0.15, 0.2) is 5.18 Å². The minimum atomic E-state index is 0.0937. The van der Waals surface area contributed by atoms with E-state index in [-0.39, 0.29) is 6.04 Å². The summed E-state index contributed by atoms with van der Waals surface area (Å²) in [5.41, 5.74) is 0. The molecule has 1 heterocycles. The molecule has 0 radical (unpaired) electrons. The normalized spacial score (nSPS) is 23.3. The highest BCUT2D eigenvalue weighted by Gasteiger charge is 2.11. The van der Waals surface area contributed by atoms with Crippen LogP contribution in [0.4, 0.5) is 0 Å². The number of nitroso groups, excluding NO2 is 1. The Kier molecular flexibility index (Phi) is 7.34. The maximum absolute atomic E-state index is 9.88. The first-order valence-corrected chi connectivity index (χ1v) is 6.51. The Morgan fingerprint density at radius 3 is 2.06 bits per heavy atom. The first-order valence-electron chi connectivity index (χ1n) is 6.51. The van der Waals surface area contributed by atoms with Crippen molar-refractivity contribution in [2.45, 2.75) is 51.0 Å². The van der Waals surface area contributed by atoms with Gasteiger partial charge in [0.15, 0.2) is 0 Å². The highest BCUT2D eigenvalue weighted by atomic mass is 16.3. The van der Waals surface area contributed by atoms with E-state index in [1.54, 1.807) is 0 Å². The van der Waals surface area contributed by atoms with Crippen molar-refractivity contribution in [3.05, 3.63) is 4.91 Å². The maximum Gasteiger partial charge on any atom is 0.0943 e. The molecule has 0 aromatic carbocycles. The molecule has 0 atom stereocenters. The molecule has 4 nitrogen and oxygen atoms in total. The van der Waals surface area contributed by atoms with Gasteiger partial charge in [-0.25, -0.2) is 0 Å². The molecule has 1 aliphatic carbocycles. The molecule has 94 valence electrons. The summed E-state index contributed by atoms with van der Waals surface area (Å²) in [6.45, 7) is 2.33. The third-order valence-electron chi connectivity index (χ3n) is 3.44. The topological polar surface area (TPSA) is 61.7 Å². The van der Waals surface area contributed by atoms with Crippen molar-refractivity contribution < 1.29 is 5.11 Å². The molecule has 1 saturated carbocycles. The minimum Gasteiger partial charge on any atom is -0.396 e. The molecule has 4 heteroatoms. The second-order valence-corrected chi connectivity index (χ2v) is 4.77. The quantitative estimate of drug-likeness (QED) is 0.711. The van der Waals surface area contributed by atoms with E-state index in [4.69, 9.17) is 5.11 Å². The van der Waals surface area contributed by atoms with Crippen LogP contribution in [0, 0.1) is 10.8 Å². The number of piperidine rings is 1. The van der Waals surface area contributed by atoms with E-state index in [0.717, 1.165) is 25.9 Å². The Bertz CT molecular complexity index is 176. The third kappa shape index (κ3) is 5.56. The second kappa shape index (κ2) is 8.65. The number of aliphatic hydroxyl groups is 1. The number of hydrogen-bond acceptors (Lipinski definition) is 4. The van der Waals surface area contributed by atoms with Crippen molar-refractivity contribution in [1.82, 2.24) is 5.32 Å². The monoisotopic (exact) mass is 228 g/mol. The van der Waals surface area contributed by atoms with E-state index in [1.807, 2.05) is 0 Å². The molecular formula is C12H24N2O2. The van der Waals surface area contributed by atoms with Crippen molar-refractivity contribution in [1.29, 1.82) is 0 Å². The van der Waals surface area contributed by atoms with Crippen LogP contribution in [0.3, 0.4) is 0 Å². The zero-order chi connectivity index (χ0) is 11.6. The number of nitrogens with zero attached hydrogens (tertiary/aromatic N) is 1. The summed E-state index contributed by atoms with van der Waals surface area (Å²) in [7, 11) is 0. The van der Waals surface area contributed by atoms with Crippen LogP contribution >= 0.6 is 0 Å². The lowest BCUT2D eigenvalue weighted by atomic mass is 9.90. The van der Waals surface area contributed by atoms with Crippen LogP contribution in [0.5, 0.6) is 0 Å². The molecule has 1 aliphatic heterocycles. The van der Waals surface area contributed by atoms with Crippen molar-refractivity contribution in [2.24, 2.45) is 11.1 Å². The number of nitrogens with one attached hydrogen (secondary N) is 1. The SMILES string of the molecule is O=NC1CCNCC1.OCC1CCCCC1. The Hall–Kier alpha value is -0.480. The molecule has 2 rings (SSSR count). The van der Waals surface area contributed by atoms with E-state index < -0.39 is 0 Å². The average molecular weight is 228 g/mol. The summed E-state index contributed by atoms with van der Waals surface area (Å²) < 4.78 is 0. The van der Waals surface area contributed by atoms with Crippen molar-refractivity contribution in [2.75, 3.05) is 19.7 Å². The summed E-state index contributed by atoms with van der Waals surface area (Å²) in [6, 6.07) is 0.0937. The zero-order valence-electron chi connectivity index (χ0n) is 10.0. The molecular weight excluding hydrogens is 204 g/mol. The molecule has 1 saturated heterocycles. The summed E-state index contributed by atoms with van der Waals surface area (Å²) in [5.74, 6) is 0.642. The van der Waals surface area contributed by atoms with Crippen molar-refractivity contribution >= 4 is 0 Å². The van der Waals surface area contributed by atoms with Gasteiger partial charge in [0, 0.05) is 6.61 Å². The van der Waals surface area contributed by atoms with Crippen LogP contribution in [0.2, 0.25) is 0 Å². The van der Waals surface area contributed by atoms with E-state index in [9.17, 15) is 4.91 Å². The summed E-state index contributed by atoms with van der Waals surface area (Å²) >= 11 is 0. The van der Waals surface area contributed by atoms with Gasteiger partial charge in [-0.1, -0.05) is 24.4 Å². The fraction of sp³-hybridized carbons (Fsp3) is 1.00. The molecule has 16 heavy (non-hydrogen) atoms. The summed E-state index contributed by atoms with van der Waals surface area (Å²) in [6.07, 6.45) is 8.42. The third-order valence-corrected chi connectivity index (χ3v) is 3.44. The zero-order valence-corrected chi connectivity index (χ0v) is 10.0. The lowest BCUT2D eigenvalue weighted by molar-refractivity contribution is 0.190. The van der Waals surface area contributed by atoms with Gasteiger partial charge in [-0.2, -0.15) is 4.91 Å². The van der Waals surface area contributed by atoms with Gasteiger partial charge in [0.2, 0.25) is 0 Å². The predicted molar refractivity (Wildman–Crippen MR) is 65.3 cm³/mol. The van der Waals surface area contributed by atoms with Gasteiger partial charge in [-0.3, -0.25) is 0 Å². The predicted octanol–water partition coefficient (Wildman–Crippen LogP) is 2.06. The highest BCUT2D eigenvalue weighted by Crippen LogP contribution is 2.22. The lowest BCUT2D eigenvalue weighted by Gasteiger charge is -2.18. The maximum atomic E-state index is 9.88. The highest BCUT2D eigenvalue weighted by molar-refractivity contribution is 4.72.